The number of carbonyl (C=O) groups is 2. The summed E-state index contributed by atoms with van der Waals surface area (Å²) in [5.74, 6) is 0.215. The predicted octanol–water partition coefficient (Wildman–Crippen LogP) is 4.04. The molecule has 1 atom stereocenters. The maximum Gasteiger partial charge on any atom is 0.242 e. The van der Waals surface area contributed by atoms with Crippen molar-refractivity contribution in [3.05, 3.63) is 64.7 Å². The van der Waals surface area contributed by atoms with Crippen molar-refractivity contribution in [2.24, 2.45) is 5.92 Å². The Bertz CT molecular complexity index is 806. The number of para-hydroxylation sites is 1. The summed E-state index contributed by atoms with van der Waals surface area (Å²) < 4.78 is 5.32. The van der Waals surface area contributed by atoms with Gasteiger partial charge >= 0.3 is 0 Å². The molecule has 0 aliphatic carbocycles. The van der Waals surface area contributed by atoms with E-state index in [9.17, 15) is 9.59 Å². The average molecular weight is 403 g/mol. The number of hydrogen-bond acceptors (Lipinski definition) is 3. The molecule has 0 spiro atoms. The first-order valence-corrected chi connectivity index (χ1v) is 9.65. The van der Waals surface area contributed by atoms with Crippen LogP contribution in [0.3, 0.4) is 0 Å². The van der Waals surface area contributed by atoms with Gasteiger partial charge in [0.1, 0.15) is 11.8 Å². The molecule has 0 unspecified atom stereocenters. The van der Waals surface area contributed by atoms with Crippen LogP contribution in [0.2, 0.25) is 5.02 Å². The summed E-state index contributed by atoms with van der Waals surface area (Å²) in [7, 11) is 1.60. The Balaban J connectivity index is 2.11. The van der Waals surface area contributed by atoms with Crippen molar-refractivity contribution in [2.45, 2.75) is 39.9 Å². The zero-order valence-electron chi connectivity index (χ0n) is 16.7. The molecule has 0 aliphatic heterocycles. The minimum Gasteiger partial charge on any atom is -0.496 e. The number of ether oxygens (including phenoxy) is 1. The second kappa shape index (κ2) is 10.1. The molecule has 0 saturated heterocycles. The van der Waals surface area contributed by atoms with Crippen LogP contribution < -0.4 is 10.1 Å². The van der Waals surface area contributed by atoms with E-state index in [0.717, 1.165) is 11.1 Å². The van der Waals surface area contributed by atoms with Gasteiger partial charge in [-0.15, -0.1) is 0 Å². The molecule has 2 rings (SSSR count). The number of nitrogens with zero attached hydrogens (tertiary/aromatic N) is 1. The van der Waals surface area contributed by atoms with Gasteiger partial charge in [0.15, 0.2) is 0 Å². The van der Waals surface area contributed by atoms with Crippen LogP contribution in [0, 0.1) is 5.92 Å². The van der Waals surface area contributed by atoms with Gasteiger partial charge in [-0.05, 0) is 30.7 Å². The molecule has 2 amide bonds. The lowest BCUT2D eigenvalue weighted by Gasteiger charge is -2.30. The van der Waals surface area contributed by atoms with Gasteiger partial charge in [-0.3, -0.25) is 9.59 Å². The first-order chi connectivity index (χ1) is 13.3. The number of halogens is 1. The molecule has 0 aliphatic rings. The normalized spacial score (nSPS) is 11.8. The van der Waals surface area contributed by atoms with Gasteiger partial charge in [0.2, 0.25) is 11.8 Å². The number of benzene rings is 2. The van der Waals surface area contributed by atoms with Crippen molar-refractivity contribution in [1.82, 2.24) is 10.2 Å². The SMILES string of the molecule is COc1ccccc1CNC(=O)[C@H](C)N(Cc1ccc(Cl)cc1)C(=O)C(C)C. The highest BCUT2D eigenvalue weighted by Crippen LogP contribution is 2.18. The first-order valence-electron chi connectivity index (χ1n) is 9.28. The van der Waals surface area contributed by atoms with Crippen LogP contribution >= 0.6 is 11.6 Å². The zero-order valence-corrected chi connectivity index (χ0v) is 17.5. The van der Waals surface area contributed by atoms with Gasteiger partial charge in [-0.1, -0.05) is 55.8 Å². The number of amides is 2. The van der Waals surface area contributed by atoms with Crippen molar-refractivity contribution >= 4 is 23.4 Å². The predicted molar refractivity (Wildman–Crippen MR) is 111 cm³/mol. The Morgan fingerprint density at radius 2 is 1.71 bits per heavy atom. The molecule has 0 bridgehead atoms. The fraction of sp³-hybridized carbons (Fsp3) is 0.364. The van der Waals surface area contributed by atoms with E-state index < -0.39 is 6.04 Å². The lowest BCUT2D eigenvalue weighted by Crippen LogP contribution is -2.48. The molecule has 0 saturated carbocycles. The summed E-state index contributed by atoms with van der Waals surface area (Å²) in [6.07, 6.45) is 0. The third-order valence-corrected chi connectivity index (χ3v) is 4.79. The molecular formula is C22H27ClN2O3. The van der Waals surface area contributed by atoms with E-state index in [0.29, 0.717) is 23.9 Å². The Morgan fingerprint density at radius 3 is 2.32 bits per heavy atom. The Kier molecular flexibility index (Phi) is 7.88. The smallest absolute Gasteiger partial charge is 0.242 e. The average Bonchev–Trinajstić information content (AvgIpc) is 2.70. The van der Waals surface area contributed by atoms with E-state index in [1.807, 2.05) is 50.2 Å². The lowest BCUT2D eigenvalue weighted by molar-refractivity contribution is -0.143. The molecule has 5 nitrogen and oxygen atoms in total. The van der Waals surface area contributed by atoms with Gasteiger partial charge in [0.05, 0.1) is 7.11 Å². The maximum atomic E-state index is 12.8. The van der Waals surface area contributed by atoms with E-state index in [1.165, 1.54) is 0 Å². The second-order valence-electron chi connectivity index (χ2n) is 6.95. The summed E-state index contributed by atoms with van der Waals surface area (Å²) in [5.41, 5.74) is 1.80. The van der Waals surface area contributed by atoms with Gasteiger partial charge < -0.3 is 15.0 Å². The molecule has 150 valence electrons. The van der Waals surface area contributed by atoms with Crippen LogP contribution in [-0.2, 0) is 22.7 Å². The van der Waals surface area contributed by atoms with Crippen LogP contribution in [0.1, 0.15) is 31.9 Å². The molecule has 2 aromatic carbocycles. The maximum absolute atomic E-state index is 12.8. The quantitative estimate of drug-likeness (QED) is 0.725. The van der Waals surface area contributed by atoms with E-state index in [1.54, 1.807) is 31.1 Å². The largest absolute Gasteiger partial charge is 0.496 e. The van der Waals surface area contributed by atoms with Gasteiger partial charge in [-0.25, -0.2) is 0 Å². The molecule has 6 heteroatoms. The number of rotatable bonds is 8. The van der Waals surface area contributed by atoms with Crippen LogP contribution in [0.4, 0.5) is 0 Å². The van der Waals surface area contributed by atoms with Crippen LogP contribution in [0.5, 0.6) is 5.75 Å². The summed E-state index contributed by atoms with van der Waals surface area (Å²) in [5, 5.41) is 3.54. The summed E-state index contributed by atoms with van der Waals surface area (Å²) in [6, 6.07) is 14.2. The van der Waals surface area contributed by atoms with Crippen molar-refractivity contribution in [3.63, 3.8) is 0 Å². The van der Waals surface area contributed by atoms with E-state index in [2.05, 4.69) is 5.32 Å². The van der Waals surface area contributed by atoms with Crippen molar-refractivity contribution < 1.29 is 14.3 Å². The zero-order chi connectivity index (χ0) is 20.7. The highest BCUT2D eigenvalue weighted by atomic mass is 35.5. The fourth-order valence-corrected chi connectivity index (χ4v) is 2.97. The minimum absolute atomic E-state index is 0.0742. The van der Waals surface area contributed by atoms with Crippen LogP contribution in [0.15, 0.2) is 48.5 Å². The summed E-state index contributed by atoms with van der Waals surface area (Å²) in [4.78, 5) is 27.1. The minimum atomic E-state index is -0.611. The second-order valence-corrected chi connectivity index (χ2v) is 7.39. The van der Waals surface area contributed by atoms with Gasteiger partial charge in [0.25, 0.3) is 0 Å². The van der Waals surface area contributed by atoms with E-state index >= 15 is 0 Å². The molecule has 28 heavy (non-hydrogen) atoms. The molecule has 2 aromatic rings. The highest BCUT2D eigenvalue weighted by molar-refractivity contribution is 6.30. The van der Waals surface area contributed by atoms with E-state index in [4.69, 9.17) is 16.3 Å². The molecular weight excluding hydrogens is 376 g/mol. The monoisotopic (exact) mass is 402 g/mol. The fourth-order valence-electron chi connectivity index (χ4n) is 2.84. The number of hydrogen-bond donors (Lipinski definition) is 1. The molecule has 0 aromatic heterocycles. The van der Waals surface area contributed by atoms with Crippen LogP contribution in [-0.4, -0.2) is 29.9 Å². The lowest BCUT2D eigenvalue weighted by atomic mass is 10.1. The number of carbonyl (C=O) groups excluding carboxylic acids is 2. The summed E-state index contributed by atoms with van der Waals surface area (Å²) >= 11 is 5.94. The molecule has 0 heterocycles. The highest BCUT2D eigenvalue weighted by Gasteiger charge is 2.27. The van der Waals surface area contributed by atoms with Crippen molar-refractivity contribution in [3.8, 4) is 5.75 Å². The third kappa shape index (κ3) is 5.73. The topological polar surface area (TPSA) is 58.6 Å². The molecule has 1 N–H and O–H groups in total. The third-order valence-electron chi connectivity index (χ3n) is 4.54. The van der Waals surface area contributed by atoms with Crippen molar-refractivity contribution in [2.75, 3.05) is 7.11 Å². The summed E-state index contributed by atoms with van der Waals surface area (Å²) in [6.45, 7) is 6.08. The molecule has 0 radical (unpaired) electrons. The van der Waals surface area contributed by atoms with Crippen molar-refractivity contribution in [1.29, 1.82) is 0 Å². The van der Waals surface area contributed by atoms with Crippen LogP contribution in [0.25, 0.3) is 0 Å². The Morgan fingerprint density at radius 1 is 1.07 bits per heavy atom. The first kappa shape index (κ1) is 21.8. The van der Waals surface area contributed by atoms with Gasteiger partial charge in [-0.2, -0.15) is 0 Å². The number of methoxy groups -OCH3 is 1. The van der Waals surface area contributed by atoms with Gasteiger partial charge in [0, 0.05) is 29.6 Å². The molecule has 0 fully saturated rings. The standard InChI is InChI=1S/C22H27ClN2O3/c1-15(2)22(27)25(14-17-9-11-19(23)12-10-17)16(3)21(26)24-13-18-7-5-6-8-20(18)28-4/h5-12,15-16H,13-14H2,1-4H3,(H,24,26)/t16-/m0/s1. The van der Waals surface area contributed by atoms with E-state index in [-0.39, 0.29) is 17.7 Å². The number of nitrogens with one attached hydrogen (secondary N) is 1. The Hall–Kier alpha value is -2.53. The Labute approximate surface area is 171 Å².